The summed E-state index contributed by atoms with van der Waals surface area (Å²) >= 11 is 0. The minimum Gasteiger partial charge on any atom is -0.395 e. The molecule has 0 aromatic rings. The van der Waals surface area contributed by atoms with Crippen molar-refractivity contribution in [3.8, 4) is 0 Å². The molecule has 0 aromatic carbocycles. The zero-order valence-corrected chi connectivity index (χ0v) is 19.4. The fraction of sp³-hybridized carbons (Fsp3) is 0.870. The van der Waals surface area contributed by atoms with Gasteiger partial charge in [-0.15, -0.1) is 12.4 Å². The Morgan fingerprint density at radius 1 is 1.20 bits per heavy atom. The predicted molar refractivity (Wildman–Crippen MR) is 119 cm³/mol. The van der Waals surface area contributed by atoms with Crippen molar-refractivity contribution in [2.75, 3.05) is 13.2 Å². The molecule has 4 fully saturated rings. The van der Waals surface area contributed by atoms with E-state index in [0.29, 0.717) is 42.6 Å². The molecule has 0 spiro atoms. The van der Waals surface area contributed by atoms with Crippen LogP contribution < -0.4 is 11.1 Å². The largest absolute Gasteiger partial charge is 0.395 e. The van der Waals surface area contributed by atoms with E-state index in [1.165, 1.54) is 0 Å². The van der Waals surface area contributed by atoms with Crippen molar-refractivity contribution >= 4 is 29.8 Å². The zero-order valence-electron chi connectivity index (χ0n) is 18.6. The van der Waals surface area contributed by atoms with Gasteiger partial charge in [0.05, 0.1) is 5.71 Å². The maximum Gasteiger partial charge on any atom is 0.217 e. The van der Waals surface area contributed by atoms with Gasteiger partial charge >= 0.3 is 0 Å². The van der Waals surface area contributed by atoms with Gasteiger partial charge in [-0.3, -0.25) is 9.59 Å². The summed E-state index contributed by atoms with van der Waals surface area (Å²) in [6.45, 7) is 7.19. The van der Waals surface area contributed by atoms with Crippen molar-refractivity contribution in [1.29, 1.82) is 0 Å². The Labute approximate surface area is 186 Å². The number of rotatable bonds is 4. The molecule has 0 aliphatic heterocycles. The molecule has 1 amide bonds. The Balaban J connectivity index is 0.00000256. The Bertz CT molecular complexity index is 714. The van der Waals surface area contributed by atoms with Crippen molar-refractivity contribution in [1.82, 2.24) is 5.32 Å². The molecule has 3 N–H and O–H groups in total. The number of ketones is 1. The van der Waals surface area contributed by atoms with Gasteiger partial charge in [0.2, 0.25) is 5.91 Å². The smallest absolute Gasteiger partial charge is 0.217 e. The third-order valence-electron chi connectivity index (χ3n) is 9.05. The molecule has 0 aromatic heterocycles. The SMILES string of the molecule is CC(=O)N[C@H]1C[C@@H]2[C@H](CC[C@]3(C)C(=O)CC[C@@H]23)[C@@]2(C)CC/C(=N\OCCN)C[C@H]12.Cl. The number of amides is 1. The average Bonchev–Trinajstić information content (AvgIpc) is 2.97. The number of nitrogens with two attached hydrogens (primary N) is 1. The highest BCUT2D eigenvalue weighted by atomic mass is 35.5. The summed E-state index contributed by atoms with van der Waals surface area (Å²) in [6, 6.07) is 0.150. The van der Waals surface area contributed by atoms with Crippen LogP contribution in [0.15, 0.2) is 5.16 Å². The van der Waals surface area contributed by atoms with Gasteiger partial charge in [-0.1, -0.05) is 19.0 Å². The summed E-state index contributed by atoms with van der Waals surface area (Å²) in [7, 11) is 0. The second-order valence-corrected chi connectivity index (χ2v) is 10.4. The highest BCUT2D eigenvalue weighted by molar-refractivity contribution is 5.87. The third kappa shape index (κ3) is 3.79. The number of halogens is 1. The Hall–Kier alpha value is -1.14. The molecule has 0 radical (unpaired) electrons. The first-order valence-electron chi connectivity index (χ1n) is 11.5. The van der Waals surface area contributed by atoms with Gasteiger partial charge in [0, 0.05) is 31.3 Å². The fourth-order valence-corrected chi connectivity index (χ4v) is 7.61. The van der Waals surface area contributed by atoms with E-state index in [0.717, 1.165) is 57.1 Å². The molecule has 7 atom stereocenters. The second-order valence-electron chi connectivity index (χ2n) is 10.4. The van der Waals surface area contributed by atoms with Crippen LogP contribution in [-0.2, 0) is 14.4 Å². The van der Waals surface area contributed by atoms with Crippen LogP contribution >= 0.6 is 12.4 Å². The fourth-order valence-electron chi connectivity index (χ4n) is 7.61. The molecular weight excluding hydrogens is 402 g/mol. The van der Waals surface area contributed by atoms with Gasteiger partial charge < -0.3 is 15.9 Å². The molecule has 0 heterocycles. The number of hydrogen-bond acceptors (Lipinski definition) is 5. The van der Waals surface area contributed by atoms with Gasteiger partial charge in [0.1, 0.15) is 12.4 Å². The molecule has 4 aliphatic rings. The van der Waals surface area contributed by atoms with Crippen molar-refractivity contribution in [3.63, 3.8) is 0 Å². The van der Waals surface area contributed by atoms with Crippen molar-refractivity contribution < 1.29 is 14.4 Å². The van der Waals surface area contributed by atoms with Crippen LogP contribution in [-0.4, -0.2) is 36.6 Å². The van der Waals surface area contributed by atoms with Crippen molar-refractivity contribution in [2.45, 2.75) is 78.2 Å². The number of fused-ring (bicyclic) bond motifs is 5. The number of Topliss-reactive ketones (excluding diaryl/α,β-unsaturated/α-hetero) is 1. The lowest BCUT2D eigenvalue weighted by molar-refractivity contribution is -0.141. The lowest BCUT2D eigenvalue weighted by Gasteiger charge is -2.61. The molecule has 0 saturated heterocycles. The molecule has 4 saturated carbocycles. The van der Waals surface area contributed by atoms with Gasteiger partial charge in [-0.2, -0.15) is 0 Å². The van der Waals surface area contributed by atoms with Crippen LogP contribution in [0.3, 0.4) is 0 Å². The summed E-state index contributed by atoms with van der Waals surface area (Å²) in [6.07, 6.45) is 7.86. The summed E-state index contributed by atoms with van der Waals surface area (Å²) in [4.78, 5) is 30.1. The van der Waals surface area contributed by atoms with Crippen LogP contribution in [0.2, 0.25) is 0 Å². The third-order valence-corrected chi connectivity index (χ3v) is 9.05. The first kappa shape index (κ1) is 23.5. The summed E-state index contributed by atoms with van der Waals surface area (Å²) in [5, 5.41) is 7.66. The average molecular weight is 440 g/mol. The number of nitrogens with one attached hydrogen (secondary N) is 1. The zero-order chi connectivity index (χ0) is 20.8. The first-order valence-corrected chi connectivity index (χ1v) is 11.5. The van der Waals surface area contributed by atoms with Crippen LogP contribution in [0.4, 0.5) is 0 Å². The lowest BCUT2D eigenvalue weighted by atomic mass is 9.44. The number of nitrogens with zero attached hydrogens (tertiary/aromatic N) is 1. The van der Waals surface area contributed by atoms with E-state index in [1.54, 1.807) is 6.92 Å². The Morgan fingerprint density at radius 3 is 2.67 bits per heavy atom. The van der Waals surface area contributed by atoms with E-state index >= 15 is 0 Å². The van der Waals surface area contributed by atoms with Crippen LogP contribution in [0, 0.1) is 34.5 Å². The maximum atomic E-state index is 12.7. The van der Waals surface area contributed by atoms with Crippen LogP contribution in [0.1, 0.15) is 72.1 Å². The first-order chi connectivity index (χ1) is 13.8. The van der Waals surface area contributed by atoms with Crippen LogP contribution in [0.5, 0.6) is 0 Å². The lowest BCUT2D eigenvalue weighted by Crippen LogP contribution is -2.61. The van der Waals surface area contributed by atoms with E-state index < -0.39 is 0 Å². The van der Waals surface area contributed by atoms with E-state index in [-0.39, 0.29) is 35.2 Å². The van der Waals surface area contributed by atoms with Crippen molar-refractivity contribution in [3.05, 3.63) is 0 Å². The molecule has 0 unspecified atom stereocenters. The van der Waals surface area contributed by atoms with E-state index in [2.05, 4.69) is 24.3 Å². The highest BCUT2D eigenvalue weighted by Crippen LogP contribution is 2.65. The Morgan fingerprint density at radius 2 is 1.97 bits per heavy atom. The van der Waals surface area contributed by atoms with Gasteiger partial charge in [-0.05, 0) is 74.0 Å². The monoisotopic (exact) mass is 439 g/mol. The second kappa shape index (κ2) is 8.78. The van der Waals surface area contributed by atoms with Gasteiger partial charge in [-0.25, -0.2) is 0 Å². The maximum absolute atomic E-state index is 12.7. The number of carbonyl (C=O) groups is 2. The minimum absolute atomic E-state index is 0. The quantitative estimate of drug-likeness (QED) is 0.518. The molecule has 30 heavy (non-hydrogen) atoms. The minimum atomic E-state index is -0.136. The standard InChI is InChI=1S/C23H37N3O3.ClH/c1-14(27)25-20-13-16-17-4-5-21(28)23(17,3)9-7-18(16)22(2)8-6-15(12-19(20)22)26-29-11-10-24;/h16-20H,4-13,24H2,1-3H3,(H,25,27);1H/b26-15+;/t16-,17-,18-,19+,20-,22+,23-;/m0./s1. The van der Waals surface area contributed by atoms with E-state index in [9.17, 15) is 9.59 Å². The highest BCUT2D eigenvalue weighted by Gasteiger charge is 2.62. The van der Waals surface area contributed by atoms with Gasteiger partial charge in [0.15, 0.2) is 0 Å². The molecule has 6 nitrogen and oxygen atoms in total. The predicted octanol–water partition coefficient (Wildman–Crippen LogP) is 3.47. The molecule has 7 heteroatoms. The van der Waals surface area contributed by atoms with E-state index in [1.807, 2.05) is 0 Å². The summed E-state index contributed by atoms with van der Waals surface area (Å²) < 4.78 is 0. The topological polar surface area (TPSA) is 93.8 Å². The molecule has 170 valence electrons. The molecule has 4 aliphatic carbocycles. The number of oxime groups is 1. The van der Waals surface area contributed by atoms with Crippen LogP contribution in [0.25, 0.3) is 0 Å². The normalized spacial score (nSPS) is 43.8. The summed E-state index contributed by atoms with van der Waals surface area (Å²) in [5.74, 6) is 2.53. The molecule has 0 bridgehead atoms. The number of hydrogen-bond donors (Lipinski definition) is 2. The molecular formula is C23H38ClN3O3. The number of carbonyl (C=O) groups excluding carboxylic acids is 2. The Kier molecular flexibility index (Phi) is 6.88. The molecule has 4 rings (SSSR count). The van der Waals surface area contributed by atoms with Gasteiger partial charge in [0.25, 0.3) is 0 Å². The van der Waals surface area contributed by atoms with Crippen molar-refractivity contribution in [2.24, 2.45) is 45.4 Å². The summed E-state index contributed by atoms with van der Waals surface area (Å²) in [5.41, 5.74) is 6.66. The van der Waals surface area contributed by atoms with E-state index in [4.69, 9.17) is 10.6 Å².